The Balaban J connectivity index is 2.05. The van der Waals surface area contributed by atoms with Crippen LogP contribution in [0.15, 0.2) is 4.52 Å². The third-order valence-corrected chi connectivity index (χ3v) is 2.76. The molecule has 0 bridgehead atoms. The van der Waals surface area contributed by atoms with Crippen molar-refractivity contribution in [3.05, 3.63) is 11.7 Å². The Morgan fingerprint density at radius 2 is 2.50 bits per heavy atom. The molecule has 2 rings (SSSR count). The number of hydrogen-bond donors (Lipinski definition) is 1. The first kappa shape index (κ1) is 11.1. The predicted molar refractivity (Wildman–Crippen MR) is 56.5 cm³/mol. The Morgan fingerprint density at radius 1 is 1.69 bits per heavy atom. The molecule has 1 N–H and O–H groups in total. The zero-order valence-electron chi connectivity index (χ0n) is 9.56. The number of hydrogen-bond acceptors (Lipinski definition) is 5. The fraction of sp³-hybridized carbons (Fsp3) is 0.700. The maximum Gasteiger partial charge on any atom is 0.223 e. The first-order chi connectivity index (χ1) is 7.66. The van der Waals surface area contributed by atoms with Gasteiger partial charge in [0.2, 0.25) is 11.8 Å². The van der Waals surface area contributed by atoms with Crippen LogP contribution in [0.1, 0.15) is 25.1 Å². The number of nitrogens with zero attached hydrogens (tertiary/aromatic N) is 3. The second-order valence-corrected chi connectivity index (χ2v) is 4.02. The van der Waals surface area contributed by atoms with Crippen molar-refractivity contribution < 1.29 is 9.32 Å². The summed E-state index contributed by atoms with van der Waals surface area (Å²) in [7, 11) is 0. The highest BCUT2D eigenvalue weighted by atomic mass is 16.5. The standard InChI is InChI=1S/C10H16N4O2/c1-7-12-10(13-16-7)6-14(8(2)15)9-3-4-11-5-9/h9,11H,3-6H2,1-2H3/t9-/m0/s1. The summed E-state index contributed by atoms with van der Waals surface area (Å²) in [6, 6.07) is 0.247. The molecule has 6 heteroatoms. The summed E-state index contributed by atoms with van der Waals surface area (Å²) < 4.78 is 4.89. The van der Waals surface area contributed by atoms with Gasteiger partial charge >= 0.3 is 0 Å². The Bertz CT molecular complexity index is 371. The summed E-state index contributed by atoms with van der Waals surface area (Å²) in [6.45, 7) is 5.55. The first-order valence-electron chi connectivity index (χ1n) is 5.44. The minimum Gasteiger partial charge on any atom is -0.340 e. The smallest absolute Gasteiger partial charge is 0.223 e. The molecule has 1 aromatic rings. The molecule has 1 aliphatic rings. The van der Waals surface area contributed by atoms with Gasteiger partial charge in [-0.3, -0.25) is 4.79 Å². The number of amides is 1. The van der Waals surface area contributed by atoms with Crippen molar-refractivity contribution in [1.29, 1.82) is 0 Å². The van der Waals surface area contributed by atoms with Crippen LogP contribution in [0.5, 0.6) is 0 Å². The maximum absolute atomic E-state index is 11.6. The second-order valence-electron chi connectivity index (χ2n) is 4.02. The molecule has 1 saturated heterocycles. The monoisotopic (exact) mass is 224 g/mol. The lowest BCUT2D eigenvalue weighted by molar-refractivity contribution is -0.131. The Labute approximate surface area is 94.0 Å². The van der Waals surface area contributed by atoms with Crippen LogP contribution < -0.4 is 5.32 Å². The average molecular weight is 224 g/mol. The molecule has 1 aromatic heterocycles. The highest BCUT2D eigenvalue weighted by molar-refractivity contribution is 5.73. The van der Waals surface area contributed by atoms with Gasteiger partial charge in [-0.25, -0.2) is 0 Å². The summed E-state index contributed by atoms with van der Waals surface area (Å²) in [5, 5.41) is 7.05. The molecular formula is C10H16N4O2. The molecule has 0 unspecified atom stereocenters. The summed E-state index contributed by atoms with van der Waals surface area (Å²) in [5.74, 6) is 1.15. The molecule has 0 spiro atoms. The van der Waals surface area contributed by atoms with Gasteiger partial charge in [0.1, 0.15) is 0 Å². The van der Waals surface area contributed by atoms with E-state index in [2.05, 4.69) is 15.5 Å². The van der Waals surface area contributed by atoms with Gasteiger partial charge in [-0.05, 0) is 13.0 Å². The second kappa shape index (κ2) is 4.61. The Morgan fingerprint density at radius 3 is 3.00 bits per heavy atom. The molecule has 1 atom stereocenters. The number of aromatic nitrogens is 2. The molecule has 0 saturated carbocycles. The molecule has 1 amide bonds. The van der Waals surface area contributed by atoms with Crippen LogP contribution in [0.3, 0.4) is 0 Å². The third-order valence-electron chi connectivity index (χ3n) is 2.76. The van der Waals surface area contributed by atoms with Crippen molar-refractivity contribution in [2.24, 2.45) is 0 Å². The molecule has 0 aliphatic carbocycles. The van der Waals surface area contributed by atoms with Crippen LogP contribution in [-0.4, -0.2) is 40.1 Å². The number of nitrogens with one attached hydrogen (secondary N) is 1. The highest BCUT2D eigenvalue weighted by Gasteiger charge is 2.25. The van der Waals surface area contributed by atoms with Crippen molar-refractivity contribution in [3.8, 4) is 0 Å². The first-order valence-corrected chi connectivity index (χ1v) is 5.44. The van der Waals surface area contributed by atoms with Gasteiger partial charge < -0.3 is 14.7 Å². The van der Waals surface area contributed by atoms with E-state index in [1.54, 1.807) is 18.7 Å². The van der Waals surface area contributed by atoms with Gasteiger partial charge in [0.15, 0.2) is 5.82 Å². The lowest BCUT2D eigenvalue weighted by Gasteiger charge is -2.25. The average Bonchev–Trinajstić information content (AvgIpc) is 2.84. The lowest BCUT2D eigenvalue weighted by atomic mass is 10.2. The van der Waals surface area contributed by atoms with Gasteiger partial charge in [-0.1, -0.05) is 5.16 Å². The van der Waals surface area contributed by atoms with Crippen LogP contribution in [0.25, 0.3) is 0 Å². The summed E-state index contributed by atoms with van der Waals surface area (Å²) >= 11 is 0. The quantitative estimate of drug-likeness (QED) is 0.787. The zero-order valence-corrected chi connectivity index (χ0v) is 9.56. The third kappa shape index (κ3) is 2.38. The summed E-state index contributed by atoms with van der Waals surface area (Å²) in [4.78, 5) is 17.5. The van der Waals surface area contributed by atoms with Gasteiger partial charge in [-0.2, -0.15) is 4.98 Å². The van der Waals surface area contributed by atoms with Crippen molar-refractivity contribution in [3.63, 3.8) is 0 Å². The van der Waals surface area contributed by atoms with Crippen LogP contribution >= 0.6 is 0 Å². The number of rotatable bonds is 3. The Kier molecular flexibility index (Phi) is 3.19. The van der Waals surface area contributed by atoms with Crippen LogP contribution in [0.2, 0.25) is 0 Å². The maximum atomic E-state index is 11.6. The molecule has 1 fully saturated rings. The molecule has 88 valence electrons. The van der Waals surface area contributed by atoms with E-state index in [4.69, 9.17) is 4.52 Å². The largest absolute Gasteiger partial charge is 0.340 e. The van der Waals surface area contributed by atoms with E-state index < -0.39 is 0 Å². The minimum absolute atomic E-state index is 0.0520. The Hall–Kier alpha value is -1.43. The van der Waals surface area contributed by atoms with E-state index in [0.29, 0.717) is 18.3 Å². The number of aryl methyl sites for hydroxylation is 1. The van der Waals surface area contributed by atoms with Gasteiger partial charge in [-0.15, -0.1) is 0 Å². The molecule has 2 heterocycles. The van der Waals surface area contributed by atoms with E-state index in [1.807, 2.05) is 0 Å². The lowest BCUT2D eigenvalue weighted by Crippen LogP contribution is -2.39. The topological polar surface area (TPSA) is 71.3 Å². The normalized spacial score (nSPS) is 20.0. The molecule has 16 heavy (non-hydrogen) atoms. The van der Waals surface area contributed by atoms with Crippen molar-refractivity contribution in [2.75, 3.05) is 13.1 Å². The summed E-state index contributed by atoms with van der Waals surface area (Å²) in [5.41, 5.74) is 0. The van der Waals surface area contributed by atoms with Gasteiger partial charge in [0, 0.05) is 26.4 Å². The minimum atomic E-state index is 0.0520. The van der Waals surface area contributed by atoms with Crippen LogP contribution in [-0.2, 0) is 11.3 Å². The van der Waals surface area contributed by atoms with Gasteiger partial charge in [0.25, 0.3) is 0 Å². The molecule has 6 nitrogen and oxygen atoms in total. The molecule has 0 radical (unpaired) electrons. The van der Waals surface area contributed by atoms with Crippen LogP contribution in [0, 0.1) is 6.92 Å². The van der Waals surface area contributed by atoms with Crippen molar-refractivity contribution in [2.45, 2.75) is 32.9 Å². The number of carbonyl (C=O) groups excluding carboxylic acids is 1. The highest BCUT2D eigenvalue weighted by Crippen LogP contribution is 2.12. The number of carbonyl (C=O) groups is 1. The fourth-order valence-electron chi connectivity index (χ4n) is 1.96. The SMILES string of the molecule is CC(=O)N(Cc1noc(C)n1)[C@H]1CCNC1. The van der Waals surface area contributed by atoms with Crippen molar-refractivity contribution in [1.82, 2.24) is 20.4 Å². The molecule has 1 aliphatic heterocycles. The fourth-order valence-corrected chi connectivity index (χ4v) is 1.96. The van der Waals surface area contributed by atoms with E-state index in [1.165, 1.54) is 0 Å². The van der Waals surface area contributed by atoms with E-state index in [9.17, 15) is 4.79 Å². The van der Waals surface area contributed by atoms with E-state index in [0.717, 1.165) is 19.5 Å². The molecule has 0 aromatic carbocycles. The van der Waals surface area contributed by atoms with Crippen LogP contribution in [0.4, 0.5) is 0 Å². The van der Waals surface area contributed by atoms with Crippen molar-refractivity contribution >= 4 is 5.91 Å². The zero-order chi connectivity index (χ0) is 11.5. The van der Waals surface area contributed by atoms with E-state index in [-0.39, 0.29) is 11.9 Å². The van der Waals surface area contributed by atoms with E-state index >= 15 is 0 Å². The van der Waals surface area contributed by atoms with Gasteiger partial charge in [0.05, 0.1) is 6.54 Å². The predicted octanol–water partition coefficient (Wildman–Crippen LogP) is 0.0884. The summed E-state index contributed by atoms with van der Waals surface area (Å²) in [6.07, 6.45) is 0.983. The molecular weight excluding hydrogens is 208 g/mol.